The fourth-order valence-electron chi connectivity index (χ4n) is 2.59. The molecule has 0 atom stereocenters. The highest BCUT2D eigenvalue weighted by molar-refractivity contribution is 5.96. The van der Waals surface area contributed by atoms with Crippen molar-refractivity contribution in [2.75, 3.05) is 13.7 Å². The summed E-state index contributed by atoms with van der Waals surface area (Å²) in [5, 5.41) is 12.1. The largest absolute Gasteiger partial charge is 0.481 e. The highest BCUT2D eigenvalue weighted by atomic mass is 16.5. The van der Waals surface area contributed by atoms with E-state index in [1.54, 1.807) is 12.1 Å². The number of nitrogens with one attached hydrogen (secondary N) is 1. The molecule has 0 aliphatic heterocycles. The van der Waals surface area contributed by atoms with Crippen molar-refractivity contribution in [3.05, 3.63) is 23.9 Å². The number of hydrogen-bond donors (Lipinski definition) is 2. The third-order valence-electron chi connectivity index (χ3n) is 3.81. The van der Waals surface area contributed by atoms with Crippen molar-refractivity contribution < 1.29 is 19.4 Å². The predicted octanol–water partition coefficient (Wildman–Crippen LogP) is 1.46. The van der Waals surface area contributed by atoms with Crippen LogP contribution < -0.4 is 10.1 Å². The molecule has 1 fully saturated rings. The van der Waals surface area contributed by atoms with E-state index >= 15 is 0 Å². The number of amides is 1. The van der Waals surface area contributed by atoms with Crippen LogP contribution >= 0.6 is 0 Å². The lowest BCUT2D eigenvalue weighted by Crippen LogP contribution is -2.41. The first kappa shape index (κ1) is 14.3. The highest BCUT2D eigenvalue weighted by Crippen LogP contribution is 2.37. The summed E-state index contributed by atoms with van der Waals surface area (Å²) in [6.07, 6.45) is 4.52. The summed E-state index contributed by atoms with van der Waals surface area (Å²) in [4.78, 5) is 27.5. The molecule has 2 rings (SSSR count). The minimum Gasteiger partial charge on any atom is -0.481 e. The van der Waals surface area contributed by atoms with Crippen LogP contribution in [0.2, 0.25) is 0 Å². The molecule has 1 saturated carbocycles. The van der Waals surface area contributed by atoms with E-state index in [2.05, 4.69) is 10.3 Å². The minimum atomic E-state index is -0.839. The SMILES string of the molecule is COc1ncccc1C(=O)NCC1(C(=O)O)CCCC1. The summed E-state index contributed by atoms with van der Waals surface area (Å²) < 4.78 is 5.02. The van der Waals surface area contributed by atoms with Gasteiger partial charge in [-0.1, -0.05) is 12.8 Å². The maximum absolute atomic E-state index is 12.1. The molecular formula is C14H18N2O4. The number of nitrogens with zero attached hydrogens (tertiary/aromatic N) is 1. The molecule has 0 spiro atoms. The molecule has 20 heavy (non-hydrogen) atoms. The van der Waals surface area contributed by atoms with Gasteiger partial charge in [0.2, 0.25) is 5.88 Å². The van der Waals surface area contributed by atoms with Gasteiger partial charge in [0.15, 0.2) is 0 Å². The van der Waals surface area contributed by atoms with Crippen LogP contribution in [-0.2, 0) is 4.79 Å². The van der Waals surface area contributed by atoms with Gasteiger partial charge in [-0.3, -0.25) is 9.59 Å². The van der Waals surface area contributed by atoms with Crippen molar-refractivity contribution in [1.82, 2.24) is 10.3 Å². The Bertz CT molecular complexity index is 510. The Morgan fingerprint density at radius 3 is 2.75 bits per heavy atom. The first-order valence-electron chi connectivity index (χ1n) is 6.60. The van der Waals surface area contributed by atoms with Gasteiger partial charge in [0.1, 0.15) is 5.56 Å². The van der Waals surface area contributed by atoms with E-state index in [4.69, 9.17) is 4.74 Å². The van der Waals surface area contributed by atoms with Crippen LogP contribution in [0.1, 0.15) is 36.0 Å². The molecule has 0 saturated heterocycles. The van der Waals surface area contributed by atoms with E-state index in [-0.39, 0.29) is 18.3 Å². The van der Waals surface area contributed by atoms with Crippen molar-refractivity contribution in [3.8, 4) is 5.88 Å². The second kappa shape index (κ2) is 5.90. The second-order valence-corrected chi connectivity index (χ2v) is 5.04. The van der Waals surface area contributed by atoms with Crippen molar-refractivity contribution in [3.63, 3.8) is 0 Å². The summed E-state index contributed by atoms with van der Waals surface area (Å²) in [6.45, 7) is 0.138. The van der Waals surface area contributed by atoms with Crippen LogP contribution in [0.4, 0.5) is 0 Å². The quantitative estimate of drug-likeness (QED) is 0.851. The summed E-state index contributed by atoms with van der Waals surface area (Å²) >= 11 is 0. The average Bonchev–Trinajstić information content (AvgIpc) is 2.95. The fourth-order valence-corrected chi connectivity index (χ4v) is 2.59. The van der Waals surface area contributed by atoms with E-state index in [9.17, 15) is 14.7 Å². The maximum atomic E-state index is 12.1. The van der Waals surface area contributed by atoms with Gasteiger partial charge in [0.25, 0.3) is 5.91 Å². The number of carbonyl (C=O) groups is 2. The zero-order valence-electron chi connectivity index (χ0n) is 11.4. The number of methoxy groups -OCH3 is 1. The third-order valence-corrected chi connectivity index (χ3v) is 3.81. The Morgan fingerprint density at radius 1 is 1.45 bits per heavy atom. The maximum Gasteiger partial charge on any atom is 0.311 e. The van der Waals surface area contributed by atoms with Gasteiger partial charge in [-0.15, -0.1) is 0 Å². The number of aromatic nitrogens is 1. The third kappa shape index (κ3) is 2.74. The zero-order chi connectivity index (χ0) is 14.6. The van der Waals surface area contributed by atoms with Crippen LogP contribution in [0.25, 0.3) is 0 Å². The number of rotatable bonds is 5. The Kier molecular flexibility index (Phi) is 4.22. The molecule has 1 aliphatic carbocycles. The van der Waals surface area contributed by atoms with E-state index < -0.39 is 11.4 Å². The predicted molar refractivity (Wildman–Crippen MR) is 71.7 cm³/mol. The van der Waals surface area contributed by atoms with Gasteiger partial charge < -0.3 is 15.2 Å². The lowest BCUT2D eigenvalue weighted by Gasteiger charge is -2.24. The fraction of sp³-hybridized carbons (Fsp3) is 0.500. The topological polar surface area (TPSA) is 88.5 Å². The van der Waals surface area contributed by atoms with Gasteiger partial charge in [0, 0.05) is 12.7 Å². The number of carboxylic acids is 1. The highest BCUT2D eigenvalue weighted by Gasteiger charge is 2.41. The molecule has 0 unspecified atom stereocenters. The molecule has 0 bridgehead atoms. The van der Waals surface area contributed by atoms with Gasteiger partial charge in [0.05, 0.1) is 12.5 Å². The molecule has 0 aromatic carbocycles. The van der Waals surface area contributed by atoms with Crippen molar-refractivity contribution in [2.45, 2.75) is 25.7 Å². The number of ether oxygens (including phenoxy) is 1. The van der Waals surface area contributed by atoms with Crippen molar-refractivity contribution >= 4 is 11.9 Å². The molecule has 1 aromatic heterocycles. The standard InChI is InChI=1S/C14H18N2O4/c1-20-12-10(5-4-8-15-12)11(17)16-9-14(13(18)19)6-2-3-7-14/h4-5,8H,2-3,6-7,9H2,1H3,(H,16,17)(H,18,19). The number of aliphatic carboxylic acids is 1. The lowest BCUT2D eigenvalue weighted by molar-refractivity contribution is -0.148. The van der Waals surface area contributed by atoms with Crippen LogP contribution in [0.15, 0.2) is 18.3 Å². The number of carbonyl (C=O) groups excluding carboxylic acids is 1. The Morgan fingerprint density at radius 2 is 2.15 bits per heavy atom. The van der Waals surface area contributed by atoms with E-state index in [0.717, 1.165) is 12.8 Å². The average molecular weight is 278 g/mol. The van der Waals surface area contributed by atoms with Gasteiger partial charge in [-0.05, 0) is 25.0 Å². The van der Waals surface area contributed by atoms with Crippen LogP contribution in [0.5, 0.6) is 5.88 Å². The second-order valence-electron chi connectivity index (χ2n) is 5.04. The normalized spacial score (nSPS) is 16.6. The Balaban J connectivity index is 2.06. The van der Waals surface area contributed by atoms with E-state index in [1.807, 2.05) is 0 Å². The molecule has 6 nitrogen and oxygen atoms in total. The molecule has 1 amide bonds. The molecule has 6 heteroatoms. The van der Waals surface area contributed by atoms with E-state index in [0.29, 0.717) is 18.4 Å². The Hall–Kier alpha value is -2.11. The number of pyridine rings is 1. The molecule has 1 aliphatic rings. The smallest absolute Gasteiger partial charge is 0.311 e. The minimum absolute atomic E-state index is 0.138. The molecular weight excluding hydrogens is 260 g/mol. The monoisotopic (exact) mass is 278 g/mol. The lowest BCUT2D eigenvalue weighted by atomic mass is 9.86. The van der Waals surface area contributed by atoms with Gasteiger partial charge in [-0.2, -0.15) is 0 Å². The molecule has 1 aromatic rings. The summed E-state index contributed by atoms with van der Waals surface area (Å²) in [7, 11) is 1.44. The Labute approximate surface area is 117 Å². The first-order valence-corrected chi connectivity index (χ1v) is 6.60. The van der Waals surface area contributed by atoms with Crippen LogP contribution in [0.3, 0.4) is 0 Å². The summed E-state index contributed by atoms with van der Waals surface area (Å²) in [6, 6.07) is 3.24. The van der Waals surface area contributed by atoms with Crippen LogP contribution in [0, 0.1) is 5.41 Å². The van der Waals surface area contributed by atoms with Gasteiger partial charge in [-0.25, -0.2) is 4.98 Å². The zero-order valence-corrected chi connectivity index (χ0v) is 11.4. The first-order chi connectivity index (χ1) is 9.59. The molecule has 108 valence electrons. The summed E-state index contributed by atoms with van der Waals surface area (Å²) in [5.74, 6) is -0.961. The molecule has 0 radical (unpaired) electrons. The van der Waals surface area contributed by atoms with Crippen molar-refractivity contribution in [1.29, 1.82) is 0 Å². The molecule has 2 N–H and O–H groups in total. The molecule has 1 heterocycles. The van der Waals surface area contributed by atoms with Gasteiger partial charge >= 0.3 is 5.97 Å². The van der Waals surface area contributed by atoms with Crippen molar-refractivity contribution in [2.24, 2.45) is 5.41 Å². The summed E-state index contributed by atoms with van der Waals surface area (Å²) in [5.41, 5.74) is -0.515. The van der Waals surface area contributed by atoms with Crippen LogP contribution in [-0.4, -0.2) is 35.6 Å². The van der Waals surface area contributed by atoms with E-state index in [1.165, 1.54) is 13.3 Å². The number of hydrogen-bond acceptors (Lipinski definition) is 4. The number of carboxylic acid groups (broad SMARTS) is 1.